The summed E-state index contributed by atoms with van der Waals surface area (Å²) >= 11 is 0. The molecule has 0 aliphatic heterocycles. The molecule has 0 bridgehead atoms. The first-order valence-corrected chi connectivity index (χ1v) is 9.54. The van der Waals surface area contributed by atoms with Crippen molar-refractivity contribution >= 4 is 12.0 Å². The number of alkyl halides is 12. The summed E-state index contributed by atoms with van der Waals surface area (Å²) in [5, 5.41) is 2.24. The molecular formula is C24H25F12NO. The van der Waals surface area contributed by atoms with Crippen LogP contribution in [0.5, 0.6) is 0 Å². The fourth-order valence-corrected chi connectivity index (χ4v) is 2.71. The Morgan fingerprint density at radius 1 is 0.684 bits per heavy atom. The summed E-state index contributed by atoms with van der Waals surface area (Å²) in [5.74, 6) is -0.552. The van der Waals surface area contributed by atoms with Gasteiger partial charge in [-0.05, 0) is 54.4 Å². The number of nitrogens with one attached hydrogen (secondary N) is 1. The highest BCUT2D eigenvalue weighted by molar-refractivity contribution is 5.73. The molecule has 0 saturated heterocycles. The highest BCUT2D eigenvalue weighted by Gasteiger charge is 2.38. The SMILES string of the molecule is C.C.C=Cc1cc(C(F)(F)F)cc(C(F)(F)F)c1.CC(=O)N[C@@H](C)c1cc(C(F)(F)F)cc(C(F)(F)F)c1. The van der Waals surface area contributed by atoms with Crippen LogP contribution in [0, 0.1) is 0 Å². The van der Waals surface area contributed by atoms with Crippen molar-refractivity contribution in [2.45, 2.75) is 59.4 Å². The molecule has 1 atom stereocenters. The van der Waals surface area contributed by atoms with Gasteiger partial charge in [0.25, 0.3) is 0 Å². The van der Waals surface area contributed by atoms with Crippen LogP contribution >= 0.6 is 0 Å². The van der Waals surface area contributed by atoms with Crippen molar-refractivity contribution in [3.8, 4) is 0 Å². The van der Waals surface area contributed by atoms with Gasteiger partial charge in [-0.3, -0.25) is 4.79 Å². The highest BCUT2D eigenvalue weighted by atomic mass is 19.4. The summed E-state index contributed by atoms with van der Waals surface area (Å²) < 4.78 is 149. The molecule has 0 aliphatic carbocycles. The second-order valence-electron chi connectivity index (χ2n) is 7.30. The van der Waals surface area contributed by atoms with E-state index in [-0.39, 0.29) is 38.1 Å². The second-order valence-corrected chi connectivity index (χ2v) is 7.30. The van der Waals surface area contributed by atoms with Crippen molar-refractivity contribution in [1.82, 2.24) is 5.32 Å². The Kier molecular flexibility index (Phi) is 12.7. The van der Waals surface area contributed by atoms with Crippen LogP contribution in [-0.2, 0) is 29.5 Å². The largest absolute Gasteiger partial charge is 0.416 e. The lowest BCUT2D eigenvalue weighted by Gasteiger charge is -2.18. The molecule has 0 aromatic heterocycles. The molecule has 38 heavy (non-hydrogen) atoms. The third-order valence-corrected chi connectivity index (χ3v) is 4.38. The molecule has 216 valence electrons. The van der Waals surface area contributed by atoms with Gasteiger partial charge in [-0.15, -0.1) is 0 Å². The fourth-order valence-electron chi connectivity index (χ4n) is 2.71. The lowest BCUT2D eigenvalue weighted by Crippen LogP contribution is -2.24. The minimum absolute atomic E-state index is 0. The summed E-state index contributed by atoms with van der Waals surface area (Å²) in [5.41, 5.74) is -5.96. The van der Waals surface area contributed by atoms with Crippen molar-refractivity contribution in [2.24, 2.45) is 0 Å². The number of hydrogen-bond acceptors (Lipinski definition) is 1. The number of carbonyl (C=O) groups is 1. The third-order valence-electron chi connectivity index (χ3n) is 4.38. The molecule has 2 aromatic rings. The molecule has 0 radical (unpaired) electrons. The van der Waals surface area contributed by atoms with Crippen molar-refractivity contribution in [1.29, 1.82) is 0 Å². The van der Waals surface area contributed by atoms with Gasteiger partial charge in [0.1, 0.15) is 0 Å². The molecule has 0 spiro atoms. The van der Waals surface area contributed by atoms with E-state index in [1.165, 1.54) is 6.92 Å². The number of hydrogen-bond donors (Lipinski definition) is 1. The maximum Gasteiger partial charge on any atom is 0.416 e. The average Bonchev–Trinajstić information content (AvgIpc) is 2.70. The molecular weight excluding hydrogens is 546 g/mol. The van der Waals surface area contributed by atoms with Gasteiger partial charge < -0.3 is 5.32 Å². The van der Waals surface area contributed by atoms with Gasteiger partial charge in [0.05, 0.1) is 28.3 Å². The van der Waals surface area contributed by atoms with Crippen LogP contribution in [0.4, 0.5) is 52.7 Å². The number of benzene rings is 2. The molecule has 2 rings (SSSR count). The molecule has 1 amide bonds. The minimum Gasteiger partial charge on any atom is -0.350 e. The topological polar surface area (TPSA) is 29.1 Å². The highest BCUT2D eigenvalue weighted by Crippen LogP contribution is 2.38. The predicted molar refractivity (Wildman–Crippen MR) is 119 cm³/mol. The number of halogens is 12. The quantitative estimate of drug-likeness (QED) is 0.365. The first-order chi connectivity index (χ1) is 16.1. The summed E-state index contributed by atoms with van der Waals surface area (Å²) in [6, 6.07) is 1.57. The van der Waals surface area contributed by atoms with Gasteiger partial charge in [0.2, 0.25) is 5.91 Å². The Balaban J connectivity index is 0. The van der Waals surface area contributed by atoms with Gasteiger partial charge in [0, 0.05) is 6.92 Å². The Labute approximate surface area is 211 Å². The maximum atomic E-state index is 12.6. The van der Waals surface area contributed by atoms with Gasteiger partial charge >= 0.3 is 24.7 Å². The molecule has 0 fully saturated rings. The molecule has 0 aliphatic rings. The summed E-state index contributed by atoms with van der Waals surface area (Å²) in [7, 11) is 0. The van der Waals surface area contributed by atoms with Crippen molar-refractivity contribution in [3.63, 3.8) is 0 Å². The van der Waals surface area contributed by atoms with Crippen molar-refractivity contribution in [3.05, 3.63) is 76.4 Å². The van der Waals surface area contributed by atoms with E-state index in [0.717, 1.165) is 13.0 Å². The molecule has 0 saturated carbocycles. The molecule has 2 aromatic carbocycles. The van der Waals surface area contributed by atoms with E-state index in [1.807, 2.05) is 0 Å². The van der Waals surface area contributed by atoms with E-state index >= 15 is 0 Å². The second kappa shape index (κ2) is 13.1. The Bertz CT molecular complexity index is 1020. The minimum atomic E-state index is -4.90. The van der Waals surface area contributed by atoms with Gasteiger partial charge in [-0.25, -0.2) is 0 Å². The smallest absolute Gasteiger partial charge is 0.350 e. The van der Waals surface area contributed by atoms with E-state index in [1.54, 1.807) is 0 Å². The zero-order chi connectivity index (χ0) is 28.3. The molecule has 0 unspecified atom stereocenters. The predicted octanol–water partition coefficient (Wildman–Crippen LogP) is 9.56. The number of carbonyl (C=O) groups excluding carboxylic acids is 1. The van der Waals surface area contributed by atoms with Crippen LogP contribution in [0.1, 0.15) is 68.1 Å². The van der Waals surface area contributed by atoms with Gasteiger partial charge in [-0.2, -0.15) is 52.7 Å². The van der Waals surface area contributed by atoms with Crippen LogP contribution in [0.15, 0.2) is 43.0 Å². The van der Waals surface area contributed by atoms with Crippen LogP contribution in [-0.4, -0.2) is 5.91 Å². The first kappa shape index (κ1) is 37.0. The average molecular weight is 571 g/mol. The zero-order valence-electron chi connectivity index (χ0n) is 18.3. The van der Waals surface area contributed by atoms with Crippen LogP contribution in [0.25, 0.3) is 6.08 Å². The zero-order valence-corrected chi connectivity index (χ0v) is 18.3. The molecule has 14 heteroatoms. The summed E-state index contributed by atoms with van der Waals surface area (Å²) in [6.45, 7) is 5.57. The monoisotopic (exact) mass is 571 g/mol. The number of rotatable bonds is 3. The molecule has 1 N–H and O–H groups in total. The lowest BCUT2D eigenvalue weighted by atomic mass is 10.0. The summed E-state index contributed by atoms with van der Waals surface area (Å²) in [6.07, 6.45) is -18.5. The van der Waals surface area contributed by atoms with E-state index < -0.39 is 58.9 Å². The van der Waals surface area contributed by atoms with Gasteiger partial charge in [-0.1, -0.05) is 27.5 Å². The van der Waals surface area contributed by atoms with E-state index in [0.29, 0.717) is 24.3 Å². The summed E-state index contributed by atoms with van der Waals surface area (Å²) in [4.78, 5) is 10.8. The number of amides is 1. The van der Waals surface area contributed by atoms with E-state index in [2.05, 4.69) is 11.9 Å². The normalized spacial score (nSPS) is 12.7. The third kappa shape index (κ3) is 11.1. The Hall–Kier alpha value is -3.19. The van der Waals surface area contributed by atoms with Crippen molar-refractivity contribution < 1.29 is 57.5 Å². The van der Waals surface area contributed by atoms with Crippen LogP contribution < -0.4 is 5.32 Å². The lowest BCUT2D eigenvalue weighted by molar-refractivity contribution is -0.144. The van der Waals surface area contributed by atoms with Crippen molar-refractivity contribution in [2.75, 3.05) is 0 Å². The van der Waals surface area contributed by atoms with E-state index in [4.69, 9.17) is 0 Å². The van der Waals surface area contributed by atoms with Crippen LogP contribution in [0.3, 0.4) is 0 Å². The van der Waals surface area contributed by atoms with Gasteiger partial charge in [0.15, 0.2) is 0 Å². The Morgan fingerprint density at radius 2 is 0.974 bits per heavy atom. The molecule has 0 heterocycles. The molecule has 2 nitrogen and oxygen atoms in total. The standard InChI is InChI=1S/C12H11F6NO.C10H6F6.2CH4/c1-6(19-7(2)20)8-3-9(11(13,14)15)5-10(4-8)12(16,17)18;1-2-6-3-7(9(11,12)13)5-8(4-6)10(14,15)16;;/h3-6H,1-2H3,(H,19,20);2-5H,1H2;2*1H4/t6-;;;/m0.../s1. The van der Waals surface area contributed by atoms with E-state index in [9.17, 15) is 57.5 Å². The van der Waals surface area contributed by atoms with Crippen LogP contribution in [0.2, 0.25) is 0 Å². The Morgan fingerprint density at radius 3 is 1.21 bits per heavy atom. The first-order valence-electron chi connectivity index (χ1n) is 9.54. The maximum absolute atomic E-state index is 12.6. The fraction of sp³-hybridized carbons (Fsp3) is 0.375.